The highest BCUT2D eigenvalue weighted by Gasteiger charge is 2.36. The van der Waals surface area contributed by atoms with Gasteiger partial charge in [-0.2, -0.15) is 18.3 Å². The van der Waals surface area contributed by atoms with Crippen LogP contribution in [0.5, 0.6) is 5.88 Å². The predicted molar refractivity (Wildman–Crippen MR) is 85.1 cm³/mol. The smallest absolute Gasteiger partial charge is 0.421 e. The maximum Gasteiger partial charge on any atom is 0.421 e. The number of rotatable bonds is 3. The summed E-state index contributed by atoms with van der Waals surface area (Å²) >= 11 is 0. The lowest BCUT2D eigenvalue weighted by molar-refractivity contribution is -0.139. The average molecular weight is 362 g/mol. The van der Waals surface area contributed by atoms with E-state index in [0.717, 1.165) is 13.2 Å². The fourth-order valence-corrected chi connectivity index (χ4v) is 2.81. The molecule has 8 heteroatoms. The Hall–Kier alpha value is -3.03. The van der Waals surface area contributed by atoms with Gasteiger partial charge in [-0.25, -0.2) is 0 Å². The van der Waals surface area contributed by atoms with E-state index in [9.17, 15) is 22.8 Å². The SMILES string of the molecule is COc1nnc(CC2=C(C)C(=O)c3ccccc3C2=O)cc1C(F)(F)F. The van der Waals surface area contributed by atoms with Gasteiger partial charge in [0.1, 0.15) is 5.56 Å². The summed E-state index contributed by atoms with van der Waals surface area (Å²) in [6, 6.07) is 7.11. The summed E-state index contributed by atoms with van der Waals surface area (Å²) in [5, 5.41) is 7.13. The van der Waals surface area contributed by atoms with E-state index >= 15 is 0 Å². The minimum absolute atomic E-state index is 0.0759. The standard InChI is InChI=1S/C18H13F3N2O3/c1-9-13(16(25)12-6-4-3-5-11(12)15(9)24)7-10-8-14(18(19,20)21)17(26-2)23-22-10/h3-6,8H,7H2,1-2H3. The minimum atomic E-state index is -4.68. The number of ether oxygens (including phenoxy) is 1. The molecule has 0 fully saturated rings. The zero-order valence-electron chi connectivity index (χ0n) is 13.8. The summed E-state index contributed by atoms with van der Waals surface area (Å²) < 4.78 is 44.0. The number of hydrogen-bond donors (Lipinski definition) is 0. The van der Waals surface area contributed by atoms with Gasteiger partial charge in [0.15, 0.2) is 11.6 Å². The van der Waals surface area contributed by atoms with Crippen molar-refractivity contribution in [2.24, 2.45) is 0 Å². The Kier molecular flexibility index (Phi) is 4.35. The number of nitrogens with zero attached hydrogens (tertiary/aromatic N) is 2. The van der Waals surface area contributed by atoms with Gasteiger partial charge in [0.25, 0.3) is 0 Å². The summed E-state index contributed by atoms with van der Waals surface area (Å²) in [5.74, 6) is -1.38. The van der Waals surface area contributed by atoms with Crippen molar-refractivity contribution in [3.63, 3.8) is 0 Å². The van der Waals surface area contributed by atoms with Crippen LogP contribution in [0.1, 0.15) is 38.9 Å². The van der Waals surface area contributed by atoms with E-state index in [-0.39, 0.29) is 40.2 Å². The Bertz CT molecular complexity index is 949. The molecule has 0 saturated heterocycles. The van der Waals surface area contributed by atoms with Gasteiger partial charge in [-0.05, 0) is 13.0 Å². The first-order valence-electron chi connectivity index (χ1n) is 7.60. The van der Waals surface area contributed by atoms with E-state index in [0.29, 0.717) is 0 Å². The monoisotopic (exact) mass is 362 g/mol. The number of hydrogen-bond acceptors (Lipinski definition) is 5. The second kappa shape index (κ2) is 6.36. The number of methoxy groups -OCH3 is 1. The van der Waals surface area contributed by atoms with Gasteiger partial charge in [-0.1, -0.05) is 24.3 Å². The lowest BCUT2D eigenvalue weighted by Crippen LogP contribution is -2.22. The molecule has 1 aromatic heterocycles. The van der Waals surface area contributed by atoms with Crippen molar-refractivity contribution in [2.45, 2.75) is 19.5 Å². The van der Waals surface area contributed by atoms with Crippen molar-refractivity contribution >= 4 is 11.6 Å². The van der Waals surface area contributed by atoms with Crippen molar-refractivity contribution in [2.75, 3.05) is 7.11 Å². The molecule has 0 atom stereocenters. The molecule has 134 valence electrons. The number of Topliss-reactive ketones (excluding diaryl/α,β-unsaturated/α-hetero) is 2. The van der Waals surface area contributed by atoms with Crippen LogP contribution in [0.15, 0.2) is 41.5 Å². The Morgan fingerprint density at radius 3 is 2.23 bits per heavy atom. The molecule has 1 aliphatic rings. The first kappa shape index (κ1) is 17.8. The molecule has 0 unspecified atom stereocenters. The molecule has 0 N–H and O–H groups in total. The Morgan fingerprint density at radius 2 is 1.65 bits per heavy atom. The molecule has 0 spiro atoms. The number of aromatic nitrogens is 2. The molecule has 1 aliphatic carbocycles. The van der Waals surface area contributed by atoms with E-state index in [2.05, 4.69) is 14.9 Å². The van der Waals surface area contributed by atoms with Crippen molar-refractivity contribution < 1.29 is 27.5 Å². The topological polar surface area (TPSA) is 69.2 Å². The fourth-order valence-electron chi connectivity index (χ4n) is 2.81. The number of halogens is 3. The Balaban J connectivity index is 2.03. The highest BCUT2D eigenvalue weighted by Crippen LogP contribution is 2.35. The van der Waals surface area contributed by atoms with Gasteiger partial charge in [0, 0.05) is 28.7 Å². The zero-order valence-corrected chi connectivity index (χ0v) is 13.8. The van der Waals surface area contributed by atoms with Gasteiger partial charge >= 0.3 is 6.18 Å². The molecular weight excluding hydrogens is 349 g/mol. The van der Waals surface area contributed by atoms with Gasteiger partial charge < -0.3 is 4.74 Å². The average Bonchev–Trinajstić information content (AvgIpc) is 2.62. The second-order valence-corrected chi connectivity index (χ2v) is 5.74. The molecule has 0 aliphatic heterocycles. The van der Waals surface area contributed by atoms with E-state index in [1.54, 1.807) is 18.2 Å². The summed E-state index contributed by atoms with van der Waals surface area (Å²) in [6.07, 6.45) is -4.91. The molecule has 26 heavy (non-hydrogen) atoms. The van der Waals surface area contributed by atoms with Crippen LogP contribution in [0.25, 0.3) is 0 Å². The Labute approximate surface area is 146 Å². The second-order valence-electron chi connectivity index (χ2n) is 5.74. The summed E-state index contributed by atoms with van der Waals surface area (Å²) in [7, 11) is 1.06. The maximum atomic E-state index is 13.1. The number of allylic oxidation sites excluding steroid dienone is 2. The molecule has 0 saturated carbocycles. The molecule has 3 rings (SSSR count). The first-order valence-corrected chi connectivity index (χ1v) is 7.60. The third kappa shape index (κ3) is 2.98. The largest absolute Gasteiger partial charge is 0.479 e. The van der Waals surface area contributed by atoms with Crippen molar-refractivity contribution in [1.29, 1.82) is 0 Å². The lowest BCUT2D eigenvalue weighted by Gasteiger charge is -2.19. The molecular formula is C18H13F3N2O3. The van der Waals surface area contributed by atoms with Crippen LogP contribution in [0.3, 0.4) is 0 Å². The predicted octanol–water partition coefficient (Wildman–Crippen LogP) is 3.44. The molecule has 0 bridgehead atoms. The number of fused-ring (bicyclic) bond motifs is 1. The zero-order chi connectivity index (χ0) is 19.1. The van der Waals surface area contributed by atoms with Crippen molar-refractivity contribution in [1.82, 2.24) is 10.2 Å². The summed E-state index contributed by atoms with van der Waals surface area (Å²) in [5.41, 5.74) is -0.335. The van der Waals surface area contributed by atoms with Crippen LogP contribution in [-0.4, -0.2) is 28.9 Å². The van der Waals surface area contributed by atoms with E-state index in [1.165, 1.54) is 13.0 Å². The Morgan fingerprint density at radius 1 is 1.04 bits per heavy atom. The van der Waals surface area contributed by atoms with Crippen molar-refractivity contribution in [3.8, 4) is 5.88 Å². The number of carbonyl (C=O) groups excluding carboxylic acids is 2. The highest BCUT2D eigenvalue weighted by atomic mass is 19.4. The van der Waals surface area contributed by atoms with Crippen LogP contribution in [0.4, 0.5) is 13.2 Å². The number of ketones is 2. The van der Waals surface area contributed by atoms with E-state index in [4.69, 9.17) is 0 Å². The molecule has 5 nitrogen and oxygen atoms in total. The van der Waals surface area contributed by atoms with E-state index < -0.39 is 23.4 Å². The number of alkyl halides is 3. The minimum Gasteiger partial charge on any atom is -0.479 e. The quantitative estimate of drug-likeness (QED) is 0.837. The van der Waals surface area contributed by atoms with Crippen molar-refractivity contribution in [3.05, 3.63) is 63.9 Å². The number of carbonyl (C=O) groups is 2. The van der Waals surface area contributed by atoms with Gasteiger partial charge in [0.2, 0.25) is 5.88 Å². The van der Waals surface area contributed by atoms with Gasteiger partial charge in [-0.3, -0.25) is 9.59 Å². The maximum absolute atomic E-state index is 13.1. The van der Waals surface area contributed by atoms with Crippen LogP contribution in [0.2, 0.25) is 0 Å². The van der Waals surface area contributed by atoms with Crippen LogP contribution >= 0.6 is 0 Å². The lowest BCUT2D eigenvalue weighted by atomic mass is 9.83. The van der Waals surface area contributed by atoms with Crippen LogP contribution < -0.4 is 4.74 Å². The molecule has 1 heterocycles. The van der Waals surface area contributed by atoms with Gasteiger partial charge in [-0.15, -0.1) is 5.10 Å². The van der Waals surface area contributed by atoms with E-state index in [1.807, 2.05) is 0 Å². The summed E-state index contributed by atoms with van der Waals surface area (Å²) in [4.78, 5) is 25.1. The summed E-state index contributed by atoms with van der Waals surface area (Å²) in [6.45, 7) is 1.48. The normalized spacial score (nSPS) is 14.5. The third-order valence-corrected chi connectivity index (χ3v) is 4.15. The van der Waals surface area contributed by atoms with Gasteiger partial charge in [0.05, 0.1) is 12.8 Å². The number of benzene rings is 1. The molecule has 1 aromatic carbocycles. The molecule has 0 radical (unpaired) electrons. The third-order valence-electron chi connectivity index (χ3n) is 4.15. The van der Waals surface area contributed by atoms with Crippen LogP contribution in [-0.2, 0) is 12.6 Å². The highest BCUT2D eigenvalue weighted by molar-refractivity contribution is 6.26. The first-order chi connectivity index (χ1) is 12.2. The molecule has 2 aromatic rings. The van der Waals surface area contributed by atoms with Crippen LogP contribution in [0, 0.1) is 0 Å². The molecule has 0 amide bonds. The fraction of sp³-hybridized carbons (Fsp3) is 0.222.